The monoisotopic (exact) mass is 458 g/mol. The van der Waals surface area contributed by atoms with Crippen LogP contribution in [0.25, 0.3) is 64.6 Å². The lowest BCUT2D eigenvalue weighted by atomic mass is 9.83. The van der Waals surface area contributed by atoms with Gasteiger partial charge in [-0.15, -0.1) is 0 Å². The predicted molar refractivity (Wildman–Crippen MR) is 123 cm³/mol. The summed E-state index contributed by atoms with van der Waals surface area (Å²) in [7, 11) is -4.42. The van der Waals surface area contributed by atoms with Gasteiger partial charge in [-0.2, -0.15) is 8.42 Å². The fourth-order valence-corrected chi connectivity index (χ4v) is 7.19. The number of rotatable bonds is 1. The molecule has 0 bridgehead atoms. The van der Waals surface area contributed by atoms with Gasteiger partial charge in [0.1, 0.15) is 4.90 Å². The molecule has 29 heavy (non-hydrogen) atoms. The molecule has 0 aromatic heterocycles. The first-order chi connectivity index (χ1) is 13.9. The number of halogens is 1. The van der Waals surface area contributed by atoms with E-state index in [0.29, 0.717) is 9.86 Å². The lowest BCUT2D eigenvalue weighted by Crippen LogP contribution is -2.03. The second kappa shape index (κ2) is 4.87. The van der Waals surface area contributed by atoms with Gasteiger partial charge in [-0.3, -0.25) is 4.55 Å². The normalized spacial score (nSPS) is 13.4. The van der Waals surface area contributed by atoms with Gasteiger partial charge in [0.05, 0.1) is 0 Å². The number of hydrogen-bond donors (Lipinski definition) is 1. The average molecular weight is 459 g/mol. The second-order valence-corrected chi connectivity index (χ2v) is 9.83. The third-order valence-electron chi connectivity index (χ3n) is 6.32. The Morgan fingerprint density at radius 3 is 1.34 bits per heavy atom. The minimum absolute atomic E-state index is 0.0650. The molecular weight excluding hydrogens is 448 g/mol. The zero-order valence-corrected chi connectivity index (χ0v) is 17.2. The Kier molecular flexibility index (Phi) is 2.71. The van der Waals surface area contributed by atoms with Gasteiger partial charge in [-0.1, -0.05) is 60.7 Å². The molecule has 0 saturated heterocycles. The third kappa shape index (κ3) is 1.76. The first-order valence-electron chi connectivity index (χ1n) is 9.21. The quantitative estimate of drug-likeness (QED) is 0.165. The van der Waals surface area contributed by atoms with Crippen molar-refractivity contribution in [1.29, 1.82) is 0 Å². The molecule has 0 amide bonds. The summed E-state index contributed by atoms with van der Waals surface area (Å²) in [5.41, 5.74) is 0. The minimum atomic E-state index is -4.42. The van der Waals surface area contributed by atoms with Crippen LogP contribution in [0.2, 0.25) is 0 Å². The highest BCUT2D eigenvalue weighted by atomic mass is 79.9. The van der Waals surface area contributed by atoms with Crippen LogP contribution in [-0.4, -0.2) is 13.0 Å². The van der Waals surface area contributed by atoms with Crippen molar-refractivity contribution in [1.82, 2.24) is 0 Å². The van der Waals surface area contributed by atoms with E-state index in [4.69, 9.17) is 0 Å². The fraction of sp³-hybridized carbons (Fsp3) is 0. The maximum Gasteiger partial charge on any atom is 0.296 e. The molecule has 0 fully saturated rings. The van der Waals surface area contributed by atoms with Crippen LogP contribution in [0, 0.1) is 0 Å². The second-order valence-electron chi connectivity index (χ2n) is 7.68. The predicted octanol–water partition coefficient (Wildman–Crippen LogP) is 6.93. The smallest absolute Gasteiger partial charge is 0.282 e. The van der Waals surface area contributed by atoms with E-state index in [1.54, 1.807) is 0 Å². The summed E-state index contributed by atoms with van der Waals surface area (Å²) < 4.78 is 35.2. The summed E-state index contributed by atoms with van der Waals surface area (Å²) in [4.78, 5) is -0.0650. The first kappa shape index (κ1) is 16.1. The van der Waals surface area contributed by atoms with E-state index in [1.165, 1.54) is 10.8 Å². The van der Waals surface area contributed by atoms with Gasteiger partial charge in [0, 0.05) is 15.2 Å². The molecule has 0 unspecified atom stereocenters. The molecule has 0 atom stereocenters. The lowest BCUT2D eigenvalue weighted by molar-refractivity contribution is 0.484. The Labute approximate surface area is 173 Å². The molecule has 0 saturated carbocycles. The highest BCUT2D eigenvalue weighted by Gasteiger charge is 2.27. The summed E-state index contributed by atoms with van der Waals surface area (Å²) in [5, 5.41) is 12.3. The van der Waals surface area contributed by atoms with Crippen LogP contribution in [0.5, 0.6) is 0 Å². The molecule has 0 aliphatic carbocycles. The zero-order valence-electron chi connectivity index (χ0n) is 14.8. The lowest BCUT2D eigenvalue weighted by Gasteiger charge is -2.22. The molecule has 0 aliphatic rings. The highest BCUT2D eigenvalue weighted by Crippen LogP contribution is 2.51. The van der Waals surface area contributed by atoms with Crippen molar-refractivity contribution in [2.24, 2.45) is 0 Å². The van der Waals surface area contributed by atoms with Crippen LogP contribution < -0.4 is 0 Å². The van der Waals surface area contributed by atoms with Gasteiger partial charge in [-0.05, 0) is 69.8 Å². The van der Waals surface area contributed by atoms with Crippen molar-refractivity contribution < 1.29 is 13.0 Å². The van der Waals surface area contributed by atoms with Crippen LogP contribution in [0.15, 0.2) is 70.0 Å². The Morgan fingerprint density at radius 2 is 0.897 bits per heavy atom. The van der Waals surface area contributed by atoms with Gasteiger partial charge in [0.25, 0.3) is 10.1 Å². The SMILES string of the molecule is O=S(=O)(O)c1c(Br)c2ccc3ccc4ccc5ccc6ccc1c1c6c5c4c3c21. The Balaban J connectivity index is 2.04. The van der Waals surface area contributed by atoms with Gasteiger partial charge in [0.15, 0.2) is 0 Å². The molecule has 7 rings (SSSR count). The van der Waals surface area contributed by atoms with Gasteiger partial charge in [-0.25, -0.2) is 0 Å². The van der Waals surface area contributed by atoms with E-state index >= 15 is 0 Å². The average Bonchev–Trinajstić information content (AvgIpc) is 2.71. The zero-order chi connectivity index (χ0) is 19.7. The van der Waals surface area contributed by atoms with Crippen LogP contribution in [-0.2, 0) is 10.1 Å². The van der Waals surface area contributed by atoms with Crippen molar-refractivity contribution in [3.05, 3.63) is 65.1 Å². The van der Waals surface area contributed by atoms with Crippen molar-refractivity contribution >= 4 is 90.7 Å². The topological polar surface area (TPSA) is 54.4 Å². The highest BCUT2D eigenvalue weighted by molar-refractivity contribution is 9.10. The van der Waals surface area contributed by atoms with Gasteiger partial charge in [0.2, 0.25) is 0 Å². The molecule has 7 aromatic carbocycles. The first-order valence-corrected chi connectivity index (χ1v) is 11.4. The van der Waals surface area contributed by atoms with Crippen molar-refractivity contribution in [3.63, 3.8) is 0 Å². The van der Waals surface area contributed by atoms with Crippen molar-refractivity contribution in [2.45, 2.75) is 4.90 Å². The molecule has 0 heterocycles. The summed E-state index contributed by atoms with van der Waals surface area (Å²) in [6, 6.07) is 20.4. The summed E-state index contributed by atoms with van der Waals surface area (Å²) in [6.07, 6.45) is 0. The van der Waals surface area contributed by atoms with E-state index in [0.717, 1.165) is 48.5 Å². The van der Waals surface area contributed by atoms with Gasteiger partial charge < -0.3 is 0 Å². The van der Waals surface area contributed by atoms with Crippen molar-refractivity contribution in [3.8, 4) is 0 Å². The maximum absolute atomic E-state index is 12.4. The van der Waals surface area contributed by atoms with E-state index in [2.05, 4.69) is 52.3 Å². The number of benzene rings is 7. The molecule has 5 heteroatoms. The Morgan fingerprint density at radius 1 is 0.552 bits per heavy atom. The van der Waals surface area contributed by atoms with Crippen LogP contribution >= 0.6 is 15.9 Å². The molecule has 0 spiro atoms. The summed E-state index contributed by atoms with van der Waals surface area (Å²) in [5.74, 6) is 0. The summed E-state index contributed by atoms with van der Waals surface area (Å²) in [6.45, 7) is 0. The molecule has 7 aromatic rings. The van der Waals surface area contributed by atoms with Gasteiger partial charge >= 0.3 is 0 Å². The van der Waals surface area contributed by atoms with Crippen LogP contribution in [0.3, 0.4) is 0 Å². The van der Waals surface area contributed by atoms with E-state index in [-0.39, 0.29) is 4.90 Å². The van der Waals surface area contributed by atoms with Crippen LogP contribution in [0.4, 0.5) is 0 Å². The molecule has 0 radical (unpaired) electrons. The minimum Gasteiger partial charge on any atom is -0.282 e. The molecule has 1 N–H and O–H groups in total. The molecule has 0 aliphatic heterocycles. The van der Waals surface area contributed by atoms with Crippen molar-refractivity contribution in [2.75, 3.05) is 0 Å². The van der Waals surface area contributed by atoms with E-state index in [1.807, 2.05) is 24.3 Å². The molecule has 138 valence electrons. The standard InChI is InChI=1S/C24H11BrO3S/c25-23-15-9-7-13-5-3-11-1-2-12-4-6-14-8-10-16(24(23)29(26,27)28)22-20(14)18(12)17(11)19(13)21(15)22/h1-10H,(H,26,27,28). The van der Waals surface area contributed by atoms with E-state index < -0.39 is 10.1 Å². The molecule has 3 nitrogen and oxygen atoms in total. The number of hydrogen-bond acceptors (Lipinski definition) is 2. The van der Waals surface area contributed by atoms with E-state index in [9.17, 15) is 13.0 Å². The summed E-state index contributed by atoms with van der Waals surface area (Å²) >= 11 is 3.50. The maximum atomic E-state index is 12.4. The Hall–Kier alpha value is -2.73. The Bertz CT molecular complexity index is 1880. The fourth-order valence-electron chi connectivity index (χ4n) is 5.25. The third-order valence-corrected chi connectivity index (χ3v) is 8.34. The van der Waals surface area contributed by atoms with Crippen LogP contribution in [0.1, 0.15) is 0 Å². The largest absolute Gasteiger partial charge is 0.296 e. The molecular formula is C24H11BrO3S.